The number of carbonyl (C=O) groups excluding carboxylic acids is 2. The second kappa shape index (κ2) is 14.4. The Morgan fingerprint density at radius 2 is 1.32 bits per heavy atom. The van der Waals surface area contributed by atoms with Crippen LogP contribution in [0.25, 0.3) is 0 Å². The minimum absolute atomic E-state index is 0.0834. The van der Waals surface area contributed by atoms with Crippen molar-refractivity contribution < 1.29 is 18.0 Å². The lowest BCUT2D eigenvalue weighted by atomic mass is 10.0. The van der Waals surface area contributed by atoms with Gasteiger partial charge in [0.05, 0.1) is 10.6 Å². The van der Waals surface area contributed by atoms with Gasteiger partial charge in [0.1, 0.15) is 12.6 Å². The Labute approximate surface area is 261 Å². The summed E-state index contributed by atoms with van der Waals surface area (Å²) in [5.41, 5.74) is 5.00. The summed E-state index contributed by atoms with van der Waals surface area (Å²) in [7, 11) is -4.13. The molecule has 0 bridgehead atoms. The number of carbonyl (C=O) groups is 2. The van der Waals surface area contributed by atoms with Gasteiger partial charge in [0, 0.05) is 19.0 Å². The molecule has 0 fully saturated rings. The van der Waals surface area contributed by atoms with Gasteiger partial charge in [-0.15, -0.1) is 0 Å². The van der Waals surface area contributed by atoms with E-state index in [9.17, 15) is 18.0 Å². The van der Waals surface area contributed by atoms with Gasteiger partial charge in [-0.25, -0.2) is 8.42 Å². The fourth-order valence-electron chi connectivity index (χ4n) is 5.02. The van der Waals surface area contributed by atoms with Crippen LogP contribution in [0.2, 0.25) is 0 Å². The number of sulfonamides is 1. The van der Waals surface area contributed by atoms with E-state index in [1.54, 1.807) is 36.4 Å². The first-order valence-electron chi connectivity index (χ1n) is 14.8. The summed E-state index contributed by atoms with van der Waals surface area (Å²) in [6.07, 6.45) is 0.270. The molecular formula is C36H41N3O4S. The number of nitrogens with one attached hydrogen (secondary N) is 1. The van der Waals surface area contributed by atoms with Gasteiger partial charge in [-0.3, -0.25) is 13.9 Å². The van der Waals surface area contributed by atoms with Gasteiger partial charge in [-0.1, -0.05) is 95.6 Å². The quantitative estimate of drug-likeness (QED) is 0.214. The van der Waals surface area contributed by atoms with Crippen LogP contribution < -0.4 is 9.62 Å². The van der Waals surface area contributed by atoms with Gasteiger partial charge < -0.3 is 10.2 Å². The number of nitrogens with zero attached hydrogens (tertiary/aromatic N) is 2. The molecule has 1 atom stereocenters. The maximum atomic E-state index is 14.5. The van der Waals surface area contributed by atoms with Gasteiger partial charge >= 0.3 is 0 Å². The van der Waals surface area contributed by atoms with Crippen molar-refractivity contribution in [2.45, 2.75) is 64.6 Å². The molecule has 4 rings (SSSR count). The molecule has 0 heterocycles. The number of benzene rings is 4. The minimum atomic E-state index is -4.13. The SMILES string of the molecule is Cc1ccc(N(CC(=O)N(Cc2cccc(C)c2)[C@@H](Cc2ccccc2)C(=O)NC(C)C)S(=O)(=O)c2ccc(C)cc2)cc1. The predicted octanol–water partition coefficient (Wildman–Crippen LogP) is 5.97. The standard InChI is InChI=1S/C36H41N3O4S/c1-26(2)37-36(41)34(23-30-11-7-6-8-12-30)38(24-31-13-9-10-29(5)22-31)35(40)25-39(32-18-14-27(3)15-19-32)44(42,43)33-20-16-28(4)17-21-33/h6-22,26,34H,23-25H2,1-5H3,(H,37,41)/t34-/m0/s1. The Hall–Kier alpha value is -4.43. The van der Waals surface area contributed by atoms with E-state index < -0.39 is 28.5 Å². The summed E-state index contributed by atoms with van der Waals surface area (Å²) in [6, 6.07) is 29.9. The third-order valence-electron chi connectivity index (χ3n) is 7.35. The normalized spacial score (nSPS) is 12.0. The number of rotatable bonds is 12. The average molecular weight is 612 g/mol. The van der Waals surface area contributed by atoms with Gasteiger partial charge in [0.2, 0.25) is 11.8 Å². The van der Waals surface area contributed by atoms with Crippen LogP contribution in [0.3, 0.4) is 0 Å². The molecule has 2 amide bonds. The molecule has 4 aromatic carbocycles. The number of hydrogen-bond donors (Lipinski definition) is 1. The third kappa shape index (κ3) is 8.35. The number of anilines is 1. The lowest BCUT2D eigenvalue weighted by molar-refractivity contribution is -0.140. The second-order valence-electron chi connectivity index (χ2n) is 11.5. The highest BCUT2D eigenvalue weighted by Gasteiger charge is 2.34. The summed E-state index contributed by atoms with van der Waals surface area (Å²) in [4.78, 5) is 29.8. The molecule has 0 saturated carbocycles. The van der Waals surface area contributed by atoms with Crippen molar-refractivity contribution in [1.82, 2.24) is 10.2 Å². The van der Waals surface area contributed by atoms with E-state index >= 15 is 0 Å². The molecule has 8 heteroatoms. The van der Waals surface area contributed by atoms with Crippen molar-refractivity contribution in [2.24, 2.45) is 0 Å². The predicted molar refractivity (Wildman–Crippen MR) is 176 cm³/mol. The molecule has 0 saturated heterocycles. The molecule has 0 radical (unpaired) electrons. The summed E-state index contributed by atoms with van der Waals surface area (Å²) in [5, 5.41) is 2.98. The summed E-state index contributed by atoms with van der Waals surface area (Å²) in [6.45, 7) is 9.17. The molecule has 1 N–H and O–H groups in total. The van der Waals surface area contributed by atoms with E-state index in [1.165, 1.54) is 4.90 Å². The van der Waals surface area contributed by atoms with Crippen LogP contribution in [0.1, 0.15) is 41.7 Å². The fourth-order valence-corrected chi connectivity index (χ4v) is 6.43. The molecule has 0 spiro atoms. The van der Waals surface area contributed by atoms with Crippen LogP contribution in [-0.4, -0.2) is 43.8 Å². The lowest BCUT2D eigenvalue weighted by Gasteiger charge is -2.34. The molecule has 0 unspecified atom stereocenters. The zero-order chi connectivity index (χ0) is 31.9. The van der Waals surface area contributed by atoms with Gasteiger partial charge in [-0.05, 0) is 70.0 Å². The topological polar surface area (TPSA) is 86.8 Å². The summed E-state index contributed by atoms with van der Waals surface area (Å²) >= 11 is 0. The van der Waals surface area contributed by atoms with E-state index in [0.717, 1.165) is 32.1 Å². The Balaban J connectivity index is 1.80. The van der Waals surface area contributed by atoms with E-state index in [4.69, 9.17) is 0 Å². The van der Waals surface area contributed by atoms with Crippen molar-refractivity contribution in [3.05, 3.63) is 131 Å². The first-order valence-corrected chi connectivity index (χ1v) is 16.2. The molecule has 0 aliphatic heterocycles. The monoisotopic (exact) mass is 611 g/mol. The zero-order valence-corrected chi connectivity index (χ0v) is 26.8. The van der Waals surface area contributed by atoms with E-state index in [-0.39, 0.29) is 29.8 Å². The summed E-state index contributed by atoms with van der Waals surface area (Å²) < 4.78 is 29.4. The number of hydrogen-bond acceptors (Lipinski definition) is 4. The van der Waals surface area contributed by atoms with E-state index in [1.807, 2.05) is 101 Å². The molecule has 0 aliphatic carbocycles. The zero-order valence-electron chi connectivity index (χ0n) is 26.0. The van der Waals surface area contributed by atoms with Gasteiger partial charge in [0.15, 0.2) is 0 Å². The molecule has 7 nitrogen and oxygen atoms in total. The maximum Gasteiger partial charge on any atom is 0.264 e. The Bertz CT molecular complexity index is 1670. The highest BCUT2D eigenvalue weighted by atomic mass is 32.2. The molecule has 230 valence electrons. The number of amides is 2. The minimum Gasteiger partial charge on any atom is -0.352 e. The van der Waals surface area contributed by atoms with Crippen molar-refractivity contribution in [3.8, 4) is 0 Å². The molecule has 0 aromatic heterocycles. The average Bonchev–Trinajstić information content (AvgIpc) is 2.98. The second-order valence-corrected chi connectivity index (χ2v) is 13.4. The van der Waals surface area contributed by atoms with E-state index in [2.05, 4.69) is 5.32 Å². The Kier molecular flexibility index (Phi) is 10.6. The molecule has 4 aromatic rings. The third-order valence-corrected chi connectivity index (χ3v) is 9.14. The smallest absolute Gasteiger partial charge is 0.264 e. The van der Waals surface area contributed by atoms with Crippen LogP contribution >= 0.6 is 0 Å². The Morgan fingerprint density at radius 1 is 0.727 bits per heavy atom. The number of aryl methyl sites for hydroxylation is 3. The van der Waals surface area contributed by atoms with Gasteiger partial charge in [-0.2, -0.15) is 0 Å². The largest absolute Gasteiger partial charge is 0.352 e. The first kappa shape index (κ1) is 32.5. The lowest BCUT2D eigenvalue weighted by Crippen LogP contribution is -2.54. The Morgan fingerprint density at radius 3 is 1.91 bits per heavy atom. The fraction of sp³-hybridized carbons (Fsp3) is 0.278. The summed E-state index contributed by atoms with van der Waals surface area (Å²) in [5.74, 6) is -0.782. The molecule has 44 heavy (non-hydrogen) atoms. The van der Waals surface area contributed by atoms with Crippen LogP contribution in [0, 0.1) is 20.8 Å². The van der Waals surface area contributed by atoms with Crippen molar-refractivity contribution in [3.63, 3.8) is 0 Å². The highest BCUT2D eigenvalue weighted by molar-refractivity contribution is 7.92. The van der Waals surface area contributed by atoms with Crippen molar-refractivity contribution in [2.75, 3.05) is 10.8 Å². The van der Waals surface area contributed by atoms with Crippen LogP contribution in [0.4, 0.5) is 5.69 Å². The van der Waals surface area contributed by atoms with Gasteiger partial charge in [0.25, 0.3) is 10.0 Å². The molecular weight excluding hydrogens is 570 g/mol. The first-order chi connectivity index (χ1) is 20.9. The van der Waals surface area contributed by atoms with Crippen LogP contribution in [-0.2, 0) is 32.6 Å². The highest BCUT2D eigenvalue weighted by Crippen LogP contribution is 2.26. The maximum absolute atomic E-state index is 14.5. The van der Waals surface area contributed by atoms with Crippen molar-refractivity contribution >= 4 is 27.5 Å². The molecule has 0 aliphatic rings. The van der Waals surface area contributed by atoms with Crippen LogP contribution in [0.15, 0.2) is 108 Å². The van der Waals surface area contributed by atoms with E-state index in [0.29, 0.717) is 5.69 Å². The van der Waals surface area contributed by atoms with Crippen molar-refractivity contribution in [1.29, 1.82) is 0 Å². The van der Waals surface area contributed by atoms with Crippen LogP contribution in [0.5, 0.6) is 0 Å².